The minimum Gasteiger partial charge on any atom is -0.394 e. The first-order chi connectivity index (χ1) is 10.9. The molecule has 9 heteroatoms. The van der Waals surface area contributed by atoms with Gasteiger partial charge in [-0.3, -0.25) is 10.1 Å². The van der Waals surface area contributed by atoms with E-state index in [1.165, 1.54) is 16.4 Å². The summed E-state index contributed by atoms with van der Waals surface area (Å²) >= 11 is 0. The van der Waals surface area contributed by atoms with E-state index in [1.807, 2.05) is 6.92 Å². The van der Waals surface area contributed by atoms with Gasteiger partial charge in [-0.2, -0.15) is 4.31 Å². The molecule has 2 N–H and O–H groups in total. The maximum atomic E-state index is 12.8. The predicted molar refractivity (Wildman–Crippen MR) is 85.9 cm³/mol. The maximum absolute atomic E-state index is 12.8. The molecule has 0 radical (unpaired) electrons. The Labute approximate surface area is 135 Å². The minimum atomic E-state index is -3.80. The Bertz CT molecular complexity index is 667. The van der Waals surface area contributed by atoms with Crippen molar-refractivity contribution in [3.63, 3.8) is 0 Å². The van der Waals surface area contributed by atoms with Crippen molar-refractivity contribution in [3.8, 4) is 0 Å². The number of rotatable bonds is 7. The molecule has 128 valence electrons. The summed E-state index contributed by atoms with van der Waals surface area (Å²) in [6, 6.07) is 3.42. The van der Waals surface area contributed by atoms with Crippen molar-refractivity contribution in [2.24, 2.45) is 0 Å². The van der Waals surface area contributed by atoms with Gasteiger partial charge in [-0.15, -0.1) is 0 Å². The molecule has 1 fully saturated rings. The number of nitrogens with zero attached hydrogens (tertiary/aromatic N) is 2. The van der Waals surface area contributed by atoms with E-state index in [1.54, 1.807) is 0 Å². The van der Waals surface area contributed by atoms with Gasteiger partial charge < -0.3 is 10.4 Å². The summed E-state index contributed by atoms with van der Waals surface area (Å²) in [5.41, 5.74) is 0.00812. The van der Waals surface area contributed by atoms with Crippen LogP contribution in [-0.4, -0.2) is 48.5 Å². The molecule has 0 spiro atoms. The summed E-state index contributed by atoms with van der Waals surface area (Å²) in [6.45, 7) is 2.54. The molecule has 0 amide bonds. The molecule has 1 heterocycles. The Balaban J connectivity index is 2.48. The highest BCUT2D eigenvalue weighted by atomic mass is 32.2. The van der Waals surface area contributed by atoms with Gasteiger partial charge in [-0.1, -0.05) is 6.92 Å². The molecule has 0 aromatic heterocycles. The summed E-state index contributed by atoms with van der Waals surface area (Å²) in [7, 11) is -3.80. The van der Waals surface area contributed by atoms with Crippen LogP contribution >= 0.6 is 0 Å². The number of nitro benzene ring substituents is 1. The van der Waals surface area contributed by atoms with Crippen LogP contribution in [0.25, 0.3) is 0 Å². The fraction of sp³-hybridized carbons (Fsp3) is 0.571. The number of sulfonamides is 1. The van der Waals surface area contributed by atoms with E-state index < -0.39 is 14.9 Å². The van der Waals surface area contributed by atoms with Gasteiger partial charge >= 0.3 is 0 Å². The number of nitro groups is 1. The van der Waals surface area contributed by atoms with E-state index in [2.05, 4.69) is 5.32 Å². The van der Waals surface area contributed by atoms with Gasteiger partial charge in [0.1, 0.15) is 4.90 Å². The first kappa shape index (κ1) is 17.6. The zero-order valence-corrected chi connectivity index (χ0v) is 13.8. The molecule has 8 nitrogen and oxygen atoms in total. The molecule has 0 aliphatic carbocycles. The molecular formula is C14H21N3O5S. The SMILES string of the molecule is CCC(CO)Nc1ccc([N+](=O)[O-])cc1S(=O)(=O)N1CCCC1. The summed E-state index contributed by atoms with van der Waals surface area (Å²) in [6.07, 6.45) is 2.16. The van der Waals surface area contributed by atoms with Crippen molar-refractivity contribution in [1.29, 1.82) is 0 Å². The monoisotopic (exact) mass is 343 g/mol. The molecule has 1 aromatic rings. The number of benzene rings is 1. The molecule has 1 saturated heterocycles. The molecule has 1 atom stereocenters. The summed E-state index contributed by atoms with van der Waals surface area (Å²) in [5, 5.41) is 23.3. The van der Waals surface area contributed by atoms with Gasteiger partial charge in [0.05, 0.1) is 17.2 Å². The van der Waals surface area contributed by atoms with Crippen LogP contribution in [0.5, 0.6) is 0 Å². The van der Waals surface area contributed by atoms with Gasteiger partial charge in [0.25, 0.3) is 5.69 Å². The van der Waals surface area contributed by atoms with Gasteiger partial charge in [-0.25, -0.2) is 8.42 Å². The molecule has 23 heavy (non-hydrogen) atoms. The lowest BCUT2D eigenvalue weighted by Gasteiger charge is -2.21. The Morgan fingerprint density at radius 1 is 1.39 bits per heavy atom. The smallest absolute Gasteiger partial charge is 0.270 e. The maximum Gasteiger partial charge on any atom is 0.270 e. The van der Waals surface area contributed by atoms with E-state index in [4.69, 9.17) is 0 Å². The first-order valence-electron chi connectivity index (χ1n) is 7.56. The lowest BCUT2D eigenvalue weighted by molar-refractivity contribution is -0.385. The molecule has 0 bridgehead atoms. The van der Waals surface area contributed by atoms with E-state index >= 15 is 0 Å². The van der Waals surface area contributed by atoms with Crippen molar-refractivity contribution >= 4 is 21.4 Å². The largest absolute Gasteiger partial charge is 0.394 e. The Morgan fingerprint density at radius 3 is 2.57 bits per heavy atom. The van der Waals surface area contributed by atoms with Crippen LogP contribution in [-0.2, 0) is 10.0 Å². The van der Waals surface area contributed by atoms with Crippen LogP contribution in [0, 0.1) is 10.1 Å². The fourth-order valence-electron chi connectivity index (χ4n) is 2.52. The quantitative estimate of drug-likeness (QED) is 0.574. The van der Waals surface area contributed by atoms with Crippen LogP contribution in [0.2, 0.25) is 0 Å². The number of nitrogens with one attached hydrogen (secondary N) is 1. The second-order valence-corrected chi connectivity index (χ2v) is 7.39. The average Bonchev–Trinajstić information content (AvgIpc) is 3.07. The Hall–Kier alpha value is -1.71. The lowest BCUT2D eigenvalue weighted by Crippen LogP contribution is -2.30. The number of hydrogen-bond acceptors (Lipinski definition) is 6. The van der Waals surface area contributed by atoms with Crippen LogP contribution in [0.3, 0.4) is 0 Å². The van der Waals surface area contributed by atoms with E-state index in [-0.39, 0.29) is 28.9 Å². The molecule has 1 aromatic carbocycles. The predicted octanol–water partition coefficient (Wildman–Crippen LogP) is 1.56. The Kier molecular flexibility index (Phi) is 5.55. The number of aliphatic hydroxyl groups is 1. The van der Waals surface area contributed by atoms with Crippen molar-refractivity contribution in [1.82, 2.24) is 4.31 Å². The highest BCUT2D eigenvalue weighted by molar-refractivity contribution is 7.89. The molecule has 1 aliphatic rings. The molecule has 0 saturated carbocycles. The zero-order valence-electron chi connectivity index (χ0n) is 12.9. The van der Waals surface area contributed by atoms with Crippen molar-refractivity contribution < 1.29 is 18.4 Å². The van der Waals surface area contributed by atoms with Gasteiger partial charge in [0.15, 0.2) is 0 Å². The molecular weight excluding hydrogens is 322 g/mol. The standard InChI is InChI=1S/C14H21N3O5S/c1-2-11(10-18)15-13-6-5-12(17(19)20)9-14(13)23(21,22)16-7-3-4-8-16/h5-6,9,11,15,18H,2-4,7-8,10H2,1H3. The fourth-order valence-corrected chi connectivity index (χ4v) is 4.21. The third-order valence-corrected chi connectivity index (χ3v) is 5.87. The number of anilines is 1. The summed E-state index contributed by atoms with van der Waals surface area (Å²) in [5.74, 6) is 0. The molecule has 1 unspecified atom stereocenters. The van der Waals surface area contributed by atoms with E-state index in [0.29, 0.717) is 19.5 Å². The minimum absolute atomic E-state index is 0.111. The van der Waals surface area contributed by atoms with Crippen LogP contribution in [0.4, 0.5) is 11.4 Å². The van der Waals surface area contributed by atoms with Crippen molar-refractivity contribution in [2.75, 3.05) is 25.0 Å². The third kappa shape index (κ3) is 3.80. The second-order valence-electron chi connectivity index (χ2n) is 5.48. The Morgan fingerprint density at radius 2 is 2.04 bits per heavy atom. The first-order valence-corrected chi connectivity index (χ1v) is 9.00. The third-order valence-electron chi connectivity index (χ3n) is 3.93. The van der Waals surface area contributed by atoms with Crippen LogP contribution in [0.15, 0.2) is 23.1 Å². The summed E-state index contributed by atoms with van der Waals surface area (Å²) < 4.78 is 26.9. The van der Waals surface area contributed by atoms with E-state index in [0.717, 1.165) is 18.9 Å². The van der Waals surface area contributed by atoms with Gasteiger partial charge in [0, 0.05) is 31.3 Å². The van der Waals surface area contributed by atoms with Crippen LogP contribution < -0.4 is 5.32 Å². The average molecular weight is 343 g/mol. The molecule has 1 aliphatic heterocycles. The lowest BCUT2D eigenvalue weighted by atomic mass is 10.2. The van der Waals surface area contributed by atoms with Crippen molar-refractivity contribution in [3.05, 3.63) is 28.3 Å². The number of non-ortho nitro benzene ring substituents is 1. The highest BCUT2D eigenvalue weighted by Crippen LogP contribution is 2.31. The van der Waals surface area contributed by atoms with Crippen LogP contribution in [0.1, 0.15) is 26.2 Å². The molecule has 2 rings (SSSR count). The summed E-state index contributed by atoms with van der Waals surface area (Å²) in [4.78, 5) is 10.3. The topological polar surface area (TPSA) is 113 Å². The second kappa shape index (κ2) is 7.24. The normalized spacial score (nSPS) is 17.1. The zero-order chi connectivity index (χ0) is 17.0. The van der Waals surface area contributed by atoms with Gasteiger partial charge in [0.2, 0.25) is 10.0 Å². The highest BCUT2D eigenvalue weighted by Gasteiger charge is 2.31. The number of hydrogen-bond donors (Lipinski definition) is 2. The van der Waals surface area contributed by atoms with Crippen molar-refractivity contribution in [2.45, 2.75) is 37.1 Å². The number of aliphatic hydroxyl groups excluding tert-OH is 1. The van der Waals surface area contributed by atoms with Gasteiger partial charge in [-0.05, 0) is 25.3 Å². The van der Waals surface area contributed by atoms with E-state index in [9.17, 15) is 23.6 Å².